The van der Waals surface area contributed by atoms with E-state index >= 15 is 0 Å². The summed E-state index contributed by atoms with van der Waals surface area (Å²) in [6.07, 6.45) is 2.76. The Morgan fingerprint density at radius 2 is 1.33 bits per heavy atom. The summed E-state index contributed by atoms with van der Waals surface area (Å²) in [5.74, 6) is 0. The van der Waals surface area contributed by atoms with Crippen molar-refractivity contribution in [3.05, 3.63) is 72.0 Å². The Kier molecular flexibility index (Phi) is 5.69. The van der Waals surface area contributed by atoms with Crippen LogP contribution in [0.4, 0.5) is 0 Å². The predicted molar refractivity (Wildman–Crippen MR) is 113 cm³/mol. The molecule has 0 amide bonds. The fourth-order valence-electron chi connectivity index (χ4n) is 3.25. The van der Waals surface area contributed by atoms with Crippen LogP contribution < -0.4 is 0 Å². The van der Waals surface area contributed by atoms with Crippen molar-refractivity contribution < 1.29 is 16.8 Å². The fourth-order valence-corrected chi connectivity index (χ4v) is 6.52. The summed E-state index contributed by atoms with van der Waals surface area (Å²) in [5, 5.41) is 4.28. The van der Waals surface area contributed by atoms with Gasteiger partial charge in [-0.3, -0.25) is 0 Å². The van der Waals surface area contributed by atoms with Crippen LogP contribution in [-0.2, 0) is 20.0 Å². The largest absolute Gasteiger partial charge is 0.246 e. The first kappa shape index (κ1) is 21.0. The first-order valence-electron chi connectivity index (χ1n) is 9.15. The zero-order valence-electron chi connectivity index (χ0n) is 15.8. The molecule has 158 valence electrons. The van der Waals surface area contributed by atoms with Gasteiger partial charge in [0.15, 0.2) is 0 Å². The number of hydrogen-bond acceptors (Lipinski definition) is 5. The zero-order valence-corrected chi connectivity index (χ0v) is 18.2. The average Bonchev–Trinajstić information content (AvgIpc) is 3.26. The number of halogens is 1. The van der Waals surface area contributed by atoms with Crippen molar-refractivity contribution in [1.29, 1.82) is 0 Å². The van der Waals surface area contributed by atoms with Gasteiger partial charge in [-0.15, -0.1) is 0 Å². The van der Waals surface area contributed by atoms with Crippen LogP contribution in [0.15, 0.2) is 76.8 Å². The van der Waals surface area contributed by atoms with Gasteiger partial charge < -0.3 is 0 Å². The highest BCUT2D eigenvalue weighted by Gasteiger charge is 2.35. The van der Waals surface area contributed by atoms with Gasteiger partial charge in [-0.1, -0.05) is 41.9 Å². The molecular formula is C19H19ClN4O4S2. The summed E-state index contributed by atoms with van der Waals surface area (Å²) in [7, 11) is -7.58. The van der Waals surface area contributed by atoms with Crippen LogP contribution in [0.2, 0.25) is 5.02 Å². The molecule has 0 radical (unpaired) electrons. The number of para-hydroxylation sites is 1. The minimum absolute atomic E-state index is 0.0205. The van der Waals surface area contributed by atoms with E-state index in [1.165, 1.54) is 37.8 Å². The molecule has 1 aromatic heterocycles. The quantitative estimate of drug-likeness (QED) is 0.574. The van der Waals surface area contributed by atoms with Gasteiger partial charge in [-0.2, -0.15) is 13.7 Å². The maximum atomic E-state index is 13.0. The van der Waals surface area contributed by atoms with Gasteiger partial charge >= 0.3 is 0 Å². The normalized spacial score (nSPS) is 16.6. The summed E-state index contributed by atoms with van der Waals surface area (Å²) in [4.78, 5) is 0.0841. The van der Waals surface area contributed by atoms with Crippen LogP contribution in [0.5, 0.6) is 0 Å². The van der Waals surface area contributed by atoms with Gasteiger partial charge in [0.2, 0.25) is 20.0 Å². The van der Waals surface area contributed by atoms with Crippen LogP contribution >= 0.6 is 11.6 Å². The molecule has 1 aliphatic rings. The Morgan fingerprint density at radius 3 is 1.97 bits per heavy atom. The van der Waals surface area contributed by atoms with Crippen molar-refractivity contribution in [3.8, 4) is 5.69 Å². The Morgan fingerprint density at radius 1 is 0.767 bits per heavy atom. The van der Waals surface area contributed by atoms with Crippen molar-refractivity contribution in [3.63, 3.8) is 0 Å². The number of sulfonamides is 2. The lowest BCUT2D eigenvalue weighted by Gasteiger charge is -2.33. The van der Waals surface area contributed by atoms with E-state index in [-0.39, 0.29) is 41.0 Å². The number of aromatic nitrogens is 2. The van der Waals surface area contributed by atoms with Gasteiger partial charge in [0.05, 0.1) is 23.1 Å². The third-order valence-corrected chi connectivity index (χ3v) is 9.12. The molecule has 0 bridgehead atoms. The van der Waals surface area contributed by atoms with E-state index in [9.17, 15) is 16.8 Å². The van der Waals surface area contributed by atoms with E-state index in [4.69, 9.17) is 11.6 Å². The second-order valence-electron chi connectivity index (χ2n) is 6.69. The molecular weight excluding hydrogens is 448 g/mol. The highest BCUT2D eigenvalue weighted by molar-refractivity contribution is 7.89. The first-order chi connectivity index (χ1) is 14.3. The minimum atomic E-state index is -3.79. The highest BCUT2D eigenvalue weighted by Crippen LogP contribution is 2.26. The average molecular weight is 467 g/mol. The molecule has 2 heterocycles. The maximum Gasteiger partial charge on any atom is 0.246 e. The molecule has 0 atom stereocenters. The molecule has 0 N–H and O–H groups in total. The van der Waals surface area contributed by atoms with E-state index < -0.39 is 20.0 Å². The molecule has 30 heavy (non-hydrogen) atoms. The molecule has 4 rings (SSSR count). The maximum absolute atomic E-state index is 13.0. The molecule has 2 aromatic carbocycles. The van der Waals surface area contributed by atoms with Gasteiger partial charge in [-0.25, -0.2) is 21.5 Å². The SMILES string of the molecule is O=S(=O)(c1cnn(-c2ccccc2)c1)N1CCN(S(=O)(=O)c2ccccc2Cl)CC1. The molecule has 0 unspecified atom stereocenters. The molecule has 8 nitrogen and oxygen atoms in total. The summed E-state index contributed by atoms with van der Waals surface area (Å²) >= 11 is 6.04. The molecule has 0 spiro atoms. The topological polar surface area (TPSA) is 92.6 Å². The number of benzene rings is 2. The predicted octanol–water partition coefficient (Wildman–Crippen LogP) is 2.22. The Bertz CT molecular complexity index is 1250. The van der Waals surface area contributed by atoms with E-state index in [2.05, 4.69) is 5.10 Å². The Balaban J connectivity index is 1.50. The van der Waals surface area contributed by atoms with Crippen molar-refractivity contribution in [2.45, 2.75) is 9.79 Å². The number of nitrogens with zero attached hydrogens (tertiary/aromatic N) is 4. The summed E-state index contributed by atoms with van der Waals surface area (Å²) in [6.45, 7) is 0.171. The Hall–Kier alpha value is -2.24. The number of hydrogen-bond donors (Lipinski definition) is 0. The number of piperazine rings is 1. The molecule has 11 heteroatoms. The first-order valence-corrected chi connectivity index (χ1v) is 12.4. The van der Waals surface area contributed by atoms with Gasteiger partial charge in [0.1, 0.15) is 9.79 Å². The van der Waals surface area contributed by atoms with Gasteiger partial charge in [-0.05, 0) is 24.3 Å². The third-order valence-electron chi connectivity index (χ3n) is 4.87. The second kappa shape index (κ2) is 8.12. The lowest BCUT2D eigenvalue weighted by molar-refractivity contribution is 0.273. The van der Waals surface area contributed by atoms with E-state index in [0.29, 0.717) is 0 Å². The fraction of sp³-hybridized carbons (Fsp3) is 0.211. The third kappa shape index (κ3) is 3.88. The molecule has 1 fully saturated rings. The standard InChI is InChI=1S/C19H19ClN4O4S2/c20-18-8-4-5-9-19(18)30(27,28)23-12-10-22(11-13-23)29(25,26)17-14-21-24(15-17)16-6-2-1-3-7-16/h1-9,14-15H,10-13H2. The van der Waals surface area contributed by atoms with Crippen molar-refractivity contribution >= 4 is 31.6 Å². The number of rotatable bonds is 5. The lowest BCUT2D eigenvalue weighted by atomic mass is 10.3. The summed E-state index contributed by atoms with van der Waals surface area (Å²) in [6, 6.07) is 15.4. The zero-order chi connectivity index (χ0) is 21.4. The van der Waals surface area contributed by atoms with E-state index in [1.807, 2.05) is 30.3 Å². The van der Waals surface area contributed by atoms with Crippen LogP contribution in [0, 0.1) is 0 Å². The Labute approximate surface area is 180 Å². The molecule has 1 saturated heterocycles. The minimum Gasteiger partial charge on any atom is -0.240 e. The van der Waals surface area contributed by atoms with Crippen LogP contribution in [0.25, 0.3) is 5.69 Å². The summed E-state index contributed by atoms with van der Waals surface area (Å²) < 4.78 is 55.7. The van der Waals surface area contributed by atoms with Crippen molar-refractivity contribution in [2.75, 3.05) is 26.2 Å². The molecule has 0 saturated carbocycles. The van der Waals surface area contributed by atoms with Crippen LogP contribution in [0.1, 0.15) is 0 Å². The van der Waals surface area contributed by atoms with Crippen LogP contribution in [-0.4, -0.2) is 61.4 Å². The van der Waals surface area contributed by atoms with E-state index in [1.54, 1.807) is 12.1 Å². The molecule has 3 aromatic rings. The highest BCUT2D eigenvalue weighted by atomic mass is 35.5. The van der Waals surface area contributed by atoms with Gasteiger partial charge in [0, 0.05) is 26.2 Å². The summed E-state index contributed by atoms with van der Waals surface area (Å²) in [5.41, 5.74) is 0.745. The molecule has 1 aliphatic heterocycles. The van der Waals surface area contributed by atoms with E-state index in [0.717, 1.165) is 5.69 Å². The van der Waals surface area contributed by atoms with Crippen LogP contribution in [0.3, 0.4) is 0 Å². The lowest BCUT2D eigenvalue weighted by Crippen LogP contribution is -2.50. The monoisotopic (exact) mass is 466 g/mol. The smallest absolute Gasteiger partial charge is 0.240 e. The second-order valence-corrected chi connectivity index (χ2v) is 10.9. The molecule has 0 aliphatic carbocycles. The van der Waals surface area contributed by atoms with Gasteiger partial charge in [0.25, 0.3) is 0 Å². The van der Waals surface area contributed by atoms with Crippen molar-refractivity contribution in [2.24, 2.45) is 0 Å². The van der Waals surface area contributed by atoms with Crippen molar-refractivity contribution in [1.82, 2.24) is 18.4 Å².